The van der Waals surface area contributed by atoms with Crippen LogP contribution in [0.3, 0.4) is 0 Å². The summed E-state index contributed by atoms with van der Waals surface area (Å²) in [6.45, 7) is 2.98. The Balaban J connectivity index is 2.93. The standard InChI is InChI=1S/C9H14N2/c1-7-3-4-9(10)5-8(7)6-11-2/h3-5,11H,6,10H2,1-2H3. The first-order valence-corrected chi connectivity index (χ1v) is 3.73. The summed E-state index contributed by atoms with van der Waals surface area (Å²) in [6, 6.07) is 5.97. The minimum atomic E-state index is 0.834. The number of nitrogens with two attached hydrogens (primary N) is 1. The van der Waals surface area contributed by atoms with Gasteiger partial charge in [0.25, 0.3) is 0 Å². The topological polar surface area (TPSA) is 38.0 Å². The molecule has 0 saturated heterocycles. The molecule has 0 unspecified atom stereocenters. The van der Waals surface area contributed by atoms with Crippen LogP contribution in [0.1, 0.15) is 11.1 Å². The molecule has 1 aromatic carbocycles. The Kier molecular flexibility index (Phi) is 2.49. The number of benzene rings is 1. The molecule has 1 rings (SSSR count). The van der Waals surface area contributed by atoms with Crippen molar-refractivity contribution in [1.29, 1.82) is 0 Å². The molecule has 3 N–H and O–H groups in total. The van der Waals surface area contributed by atoms with Gasteiger partial charge in [0.05, 0.1) is 0 Å². The van der Waals surface area contributed by atoms with E-state index in [9.17, 15) is 0 Å². The van der Waals surface area contributed by atoms with Gasteiger partial charge in [-0.1, -0.05) is 6.07 Å². The Hall–Kier alpha value is -1.02. The van der Waals surface area contributed by atoms with E-state index in [2.05, 4.69) is 12.2 Å². The normalized spacial score (nSPS) is 10.0. The van der Waals surface area contributed by atoms with Crippen molar-refractivity contribution in [2.45, 2.75) is 13.5 Å². The fourth-order valence-electron chi connectivity index (χ4n) is 1.07. The van der Waals surface area contributed by atoms with Crippen LogP contribution >= 0.6 is 0 Å². The molecule has 11 heavy (non-hydrogen) atoms. The third kappa shape index (κ3) is 1.95. The summed E-state index contributed by atoms with van der Waals surface area (Å²) in [5, 5.41) is 3.10. The van der Waals surface area contributed by atoms with Gasteiger partial charge in [0.2, 0.25) is 0 Å². The smallest absolute Gasteiger partial charge is 0.0317 e. The van der Waals surface area contributed by atoms with Crippen molar-refractivity contribution in [2.75, 3.05) is 12.8 Å². The Morgan fingerprint density at radius 3 is 2.82 bits per heavy atom. The molecular weight excluding hydrogens is 136 g/mol. The molecule has 0 fully saturated rings. The predicted molar refractivity (Wildman–Crippen MR) is 48.4 cm³/mol. The monoisotopic (exact) mass is 150 g/mol. The predicted octanol–water partition coefficient (Wildman–Crippen LogP) is 1.30. The molecule has 0 spiro atoms. The number of anilines is 1. The zero-order valence-corrected chi connectivity index (χ0v) is 7.02. The largest absolute Gasteiger partial charge is 0.399 e. The number of rotatable bonds is 2. The molecule has 0 radical (unpaired) electrons. The first-order valence-electron chi connectivity index (χ1n) is 3.73. The summed E-state index contributed by atoms with van der Waals surface area (Å²) < 4.78 is 0. The maximum atomic E-state index is 5.63. The molecule has 0 heterocycles. The van der Waals surface area contributed by atoms with Crippen LogP contribution in [0, 0.1) is 6.92 Å². The highest BCUT2D eigenvalue weighted by Crippen LogP contribution is 2.11. The van der Waals surface area contributed by atoms with Crippen LogP contribution in [-0.4, -0.2) is 7.05 Å². The van der Waals surface area contributed by atoms with E-state index < -0.39 is 0 Å². The summed E-state index contributed by atoms with van der Waals surface area (Å²) in [4.78, 5) is 0. The average molecular weight is 150 g/mol. The Labute approximate surface area is 67.4 Å². The zero-order valence-electron chi connectivity index (χ0n) is 7.02. The van der Waals surface area contributed by atoms with E-state index in [1.54, 1.807) is 0 Å². The van der Waals surface area contributed by atoms with E-state index in [4.69, 9.17) is 5.73 Å². The van der Waals surface area contributed by atoms with Crippen molar-refractivity contribution in [1.82, 2.24) is 5.32 Å². The van der Waals surface area contributed by atoms with Crippen molar-refractivity contribution in [3.05, 3.63) is 29.3 Å². The van der Waals surface area contributed by atoms with Crippen LogP contribution in [0.4, 0.5) is 5.69 Å². The maximum Gasteiger partial charge on any atom is 0.0317 e. The maximum absolute atomic E-state index is 5.63. The first kappa shape index (κ1) is 8.08. The first-order chi connectivity index (χ1) is 5.24. The van der Waals surface area contributed by atoms with E-state index in [0.717, 1.165) is 12.2 Å². The number of hydrogen-bond donors (Lipinski definition) is 2. The van der Waals surface area contributed by atoms with Crippen LogP contribution in [0.2, 0.25) is 0 Å². The molecule has 0 aliphatic rings. The molecule has 0 saturated carbocycles. The van der Waals surface area contributed by atoms with Crippen LogP contribution in [0.15, 0.2) is 18.2 Å². The SMILES string of the molecule is CNCc1cc(N)ccc1C. The van der Waals surface area contributed by atoms with Gasteiger partial charge in [0.1, 0.15) is 0 Å². The molecular formula is C9H14N2. The Morgan fingerprint density at radius 2 is 2.18 bits per heavy atom. The minimum Gasteiger partial charge on any atom is -0.399 e. The van der Waals surface area contributed by atoms with Crippen molar-refractivity contribution in [3.8, 4) is 0 Å². The number of nitrogens with one attached hydrogen (secondary N) is 1. The second-order valence-electron chi connectivity index (χ2n) is 2.72. The molecule has 0 aromatic heterocycles. The molecule has 2 heteroatoms. The van der Waals surface area contributed by atoms with Crippen LogP contribution in [0.25, 0.3) is 0 Å². The van der Waals surface area contributed by atoms with Crippen LogP contribution < -0.4 is 11.1 Å². The fourth-order valence-corrected chi connectivity index (χ4v) is 1.07. The molecule has 0 aliphatic heterocycles. The highest BCUT2D eigenvalue weighted by atomic mass is 14.8. The molecule has 0 aliphatic carbocycles. The lowest BCUT2D eigenvalue weighted by atomic mass is 10.1. The molecule has 60 valence electrons. The van der Waals surface area contributed by atoms with E-state index in [1.807, 2.05) is 25.2 Å². The minimum absolute atomic E-state index is 0.834. The lowest BCUT2D eigenvalue weighted by molar-refractivity contribution is 0.812. The highest BCUT2D eigenvalue weighted by Gasteiger charge is 1.95. The summed E-state index contributed by atoms with van der Waals surface area (Å²) in [5.41, 5.74) is 9.02. The van der Waals surface area contributed by atoms with Crippen molar-refractivity contribution < 1.29 is 0 Å². The van der Waals surface area contributed by atoms with Gasteiger partial charge in [-0.3, -0.25) is 0 Å². The van der Waals surface area contributed by atoms with E-state index in [0.29, 0.717) is 0 Å². The van der Waals surface area contributed by atoms with E-state index in [1.165, 1.54) is 11.1 Å². The average Bonchev–Trinajstić information content (AvgIpc) is 1.98. The van der Waals surface area contributed by atoms with E-state index >= 15 is 0 Å². The quantitative estimate of drug-likeness (QED) is 0.623. The molecule has 0 bridgehead atoms. The number of nitrogen functional groups attached to an aromatic ring is 1. The summed E-state index contributed by atoms with van der Waals surface area (Å²) in [5.74, 6) is 0. The van der Waals surface area contributed by atoms with Gasteiger partial charge in [-0.05, 0) is 37.2 Å². The van der Waals surface area contributed by atoms with Gasteiger partial charge < -0.3 is 11.1 Å². The molecule has 2 nitrogen and oxygen atoms in total. The van der Waals surface area contributed by atoms with Crippen LogP contribution in [-0.2, 0) is 6.54 Å². The van der Waals surface area contributed by atoms with Gasteiger partial charge in [-0.15, -0.1) is 0 Å². The summed E-state index contributed by atoms with van der Waals surface area (Å²) in [7, 11) is 1.93. The zero-order chi connectivity index (χ0) is 8.27. The van der Waals surface area contributed by atoms with Crippen LogP contribution in [0.5, 0.6) is 0 Å². The second kappa shape index (κ2) is 3.39. The Morgan fingerprint density at radius 1 is 1.45 bits per heavy atom. The van der Waals surface area contributed by atoms with Gasteiger partial charge in [-0.2, -0.15) is 0 Å². The lowest BCUT2D eigenvalue weighted by Gasteiger charge is -2.05. The van der Waals surface area contributed by atoms with Gasteiger partial charge in [0, 0.05) is 12.2 Å². The van der Waals surface area contributed by atoms with E-state index in [-0.39, 0.29) is 0 Å². The Bertz CT molecular complexity index is 243. The third-order valence-electron chi connectivity index (χ3n) is 1.74. The molecule has 0 atom stereocenters. The lowest BCUT2D eigenvalue weighted by Crippen LogP contribution is -2.06. The van der Waals surface area contributed by atoms with Crippen molar-refractivity contribution in [2.24, 2.45) is 0 Å². The summed E-state index contributed by atoms with van der Waals surface area (Å²) in [6.07, 6.45) is 0. The van der Waals surface area contributed by atoms with Gasteiger partial charge >= 0.3 is 0 Å². The second-order valence-corrected chi connectivity index (χ2v) is 2.72. The van der Waals surface area contributed by atoms with Crippen molar-refractivity contribution >= 4 is 5.69 Å². The third-order valence-corrected chi connectivity index (χ3v) is 1.74. The number of aryl methyl sites for hydroxylation is 1. The number of hydrogen-bond acceptors (Lipinski definition) is 2. The van der Waals surface area contributed by atoms with Crippen molar-refractivity contribution in [3.63, 3.8) is 0 Å². The summed E-state index contributed by atoms with van der Waals surface area (Å²) >= 11 is 0. The highest BCUT2D eigenvalue weighted by molar-refractivity contribution is 5.44. The van der Waals surface area contributed by atoms with Gasteiger partial charge in [0.15, 0.2) is 0 Å². The molecule has 1 aromatic rings. The molecule has 0 amide bonds. The van der Waals surface area contributed by atoms with Gasteiger partial charge in [-0.25, -0.2) is 0 Å². The fraction of sp³-hybridized carbons (Fsp3) is 0.333.